The van der Waals surface area contributed by atoms with Crippen molar-refractivity contribution in [1.29, 1.82) is 0 Å². The molecule has 3 rings (SSSR count). The van der Waals surface area contributed by atoms with E-state index in [0.29, 0.717) is 11.8 Å². The Balaban J connectivity index is 2.07. The van der Waals surface area contributed by atoms with Crippen molar-refractivity contribution in [1.82, 2.24) is 9.88 Å². The molecule has 19 heavy (non-hydrogen) atoms. The lowest BCUT2D eigenvalue weighted by molar-refractivity contribution is -0.168. The number of halogens is 1. The third-order valence-electron chi connectivity index (χ3n) is 4.84. The molecular weight excluding hydrogens is 304 g/mol. The van der Waals surface area contributed by atoms with E-state index in [2.05, 4.69) is 40.0 Å². The first-order chi connectivity index (χ1) is 9.16. The van der Waals surface area contributed by atoms with Crippen LogP contribution in [0.25, 0.3) is 0 Å². The lowest BCUT2D eigenvalue weighted by atomic mass is 9.64. The molecule has 3 atom stereocenters. The van der Waals surface area contributed by atoms with Gasteiger partial charge in [-0.05, 0) is 48.0 Å². The summed E-state index contributed by atoms with van der Waals surface area (Å²) in [4.78, 5) is 7.17. The van der Waals surface area contributed by atoms with Crippen LogP contribution in [0, 0.1) is 11.8 Å². The summed E-state index contributed by atoms with van der Waals surface area (Å²) in [6, 6.07) is 6.18. The van der Waals surface area contributed by atoms with Crippen molar-refractivity contribution in [2.45, 2.75) is 24.9 Å². The molecule has 1 aliphatic carbocycles. The number of hydrogen-bond acceptors (Lipinski definition) is 3. The van der Waals surface area contributed by atoms with Gasteiger partial charge in [-0.25, -0.2) is 4.98 Å². The van der Waals surface area contributed by atoms with E-state index < -0.39 is 0 Å². The van der Waals surface area contributed by atoms with Crippen LogP contribution in [0.15, 0.2) is 22.8 Å². The quantitative estimate of drug-likeness (QED) is 0.782. The lowest BCUT2D eigenvalue weighted by Crippen LogP contribution is -2.58. The second-order valence-corrected chi connectivity index (χ2v) is 6.70. The van der Waals surface area contributed by atoms with Crippen LogP contribution in [-0.4, -0.2) is 37.1 Å². The van der Waals surface area contributed by atoms with Gasteiger partial charge in [0.05, 0.1) is 5.69 Å². The summed E-state index contributed by atoms with van der Waals surface area (Å²) in [6.07, 6.45) is 3.80. The van der Waals surface area contributed by atoms with Gasteiger partial charge >= 0.3 is 0 Å². The second kappa shape index (κ2) is 5.15. The molecule has 1 saturated carbocycles. The van der Waals surface area contributed by atoms with E-state index in [1.165, 1.54) is 19.3 Å². The molecule has 1 aliphatic heterocycles. The molecule has 1 saturated heterocycles. The average Bonchev–Trinajstić information content (AvgIpc) is 2.38. The maximum atomic E-state index is 6.13. The SMILES string of the molecule is CO[C@@]1(c2cccc(Br)n2)[C@@H]2CCC[C@H]1CN(C)C2. The van der Waals surface area contributed by atoms with Gasteiger partial charge in [0.25, 0.3) is 0 Å². The molecule has 1 aromatic rings. The van der Waals surface area contributed by atoms with Crippen molar-refractivity contribution in [2.24, 2.45) is 11.8 Å². The van der Waals surface area contributed by atoms with Crippen LogP contribution in [0.3, 0.4) is 0 Å². The number of methoxy groups -OCH3 is 1. The van der Waals surface area contributed by atoms with Crippen LogP contribution in [0.4, 0.5) is 0 Å². The first-order valence-electron chi connectivity index (χ1n) is 7.03. The smallest absolute Gasteiger partial charge is 0.118 e. The minimum Gasteiger partial charge on any atom is -0.371 e. The molecule has 2 heterocycles. The van der Waals surface area contributed by atoms with Gasteiger partial charge in [-0.3, -0.25) is 0 Å². The summed E-state index contributed by atoms with van der Waals surface area (Å²) in [5.74, 6) is 1.11. The van der Waals surface area contributed by atoms with Crippen LogP contribution >= 0.6 is 15.9 Å². The van der Waals surface area contributed by atoms with Crippen LogP contribution in [0.2, 0.25) is 0 Å². The fraction of sp³-hybridized carbons (Fsp3) is 0.667. The molecule has 0 unspecified atom stereocenters. The van der Waals surface area contributed by atoms with Crippen molar-refractivity contribution in [3.05, 3.63) is 28.5 Å². The van der Waals surface area contributed by atoms with Gasteiger partial charge in [-0.1, -0.05) is 12.5 Å². The maximum Gasteiger partial charge on any atom is 0.118 e. The number of piperidine rings is 1. The summed E-state index contributed by atoms with van der Waals surface area (Å²) in [6.45, 7) is 2.22. The van der Waals surface area contributed by atoms with E-state index >= 15 is 0 Å². The van der Waals surface area contributed by atoms with E-state index in [0.717, 1.165) is 23.4 Å². The normalized spacial score (nSPS) is 35.3. The molecule has 4 heteroatoms. The largest absolute Gasteiger partial charge is 0.371 e. The van der Waals surface area contributed by atoms with Crippen LogP contribution < -0.4 is 0 Å². The summed E-state index contributed by atoms with van der Waals surface area (Å²) in [5.41, 5.74) is 0.918. The molecule has 0 spiro atoms. The zero-order valence-electron chi connectivity index (χ0n) is 11.6. The Kier molecular flexibility index (Phi) is 3.67. The molecule has 0 amide bonds. The Bertz CT molecular complexity index is 451. The highest BCUT2D eigenvalue weighted by Crippen LogP contribution is 2.50. The fourth-order valence-electron chi connectivity index (χ4n) is 4.14. The van der Waals surface area contributed by atoms with Gasteiger partial charge in [-0.2, -0.15) is 0 Å². The zero-order chi connectivity index (χ0) is 13.5. The minimum atomic E-state index is -0.186. The number of likely N-dealkylation sites (tertiary alicyclic amines) is 1. The molecule has 2 aliphatic rings. The monoisotopic (exact) mass is 324 g/mol. The van der Waals surface area contributed by atoms with Crippen molar-refractivity contribution in [2.75, 3.05) is 27.2 Å². The number of pyridine rings is 1. The van der Waals surface area contributed by atoms with Crippen molar-refractivity contribution in [3.8, 4) is 0 Å². The van der Waals surface area contributed by atoms with Gasteiger partial charge in [0.2, 0.25) is 0 Å². The summed E-state index contributed by atoms with van der Waals surface area (Å²) in [7, 11) is 4.08. The number of hydrogen-bond donors (Lipinski definition) is 0. The highest BCUT2D eigenvalue weighted by Gasteiger charge is 2.53. The lowest BCUT2D eigenvalue weighted by Gasteiger charge is -2.54. The molecule has 104 valence electrons. The molecule has 2 bridgehead atoms. The van der Waals surface area contributed by atoms with Gasteiger partial charge in [0, 0.05) is 32.0 Å². The highest BCUT2D eigenvalue weighted by atomic mass is 79.9. The second-order valence-electron chi connectivity index (χ2n) is 5.89. The summed E-state index contributed by atoms with van der Waals surface area (Å²) in [5, 5.41) is 0. The molecule has 0 N–H and O–H groups in total. The minimum absolute atomic E-state index is 0.186. The fourth-order valence-corrected chi connectivity index (χ4v) is 4.48. The Hall–Kier alpha value is -0.450. The Morgan fingerprint density at radius 3 is 2.58 bits per heavy atom. The third kappa shape index (κ3) is 2.14. The van der Waals surface area contributed by atoms with E-state index in [-0.39, 0.29) is 5.60 Å². The van der Waals surface area contributed by atoms with E-state index in [1.807, 2.05) is 13.2 Å². The van der Waals surface area contributed by atoms with Crippen molar-refractivity contribution >= 4 is 15.9 Å². The van der Waals surface area contributed by atoms with E-state index in [1.54, 1.807) is 0 Å². The van der Waals surface area contributed by atoms with Gasteiger partial charge in [0.1, 0.15) is 10.2 Å². The first-order valence-corrected chi connectivity index (χ1v) is 7.83. The number of nitrogens with zero attached hydrogens (tertiary/aromatic N) is 2. The van der Waals surface area contributed by atoms with Crippen LogP contribution in [0.5, 0.6) is 0 Å². The van der Waals surface area contributed by atoms with E-state index in [4.69, 9.17) is 9.72 Å². The average molecular weight is 325 g/mol. The number of aromatic nitrogens is 1. The van der Waals surface area contributed by atoms with Crippen LogP contribution in [0.1, 0.15) is 25.0 Å². The molecular formula is C15H21BrN2O. The standard InChI is InChI=1S/C15H21BrN2O/c1-18-9-11-5-3-6-12(10-18)15(11,19-2)13-7-4-8-14(16)17-13/h4,7-8,11-12H,3,5-6,9-10H2,1-2H3/t11-,12+,15+. The number of fused-ring (bicyclic) bond motifs is 2. The van der Waals surface area contributed by atoms with Gasteiger partial charge in [-0.15, -0.1) is 0 Å². The predicted octanol–water partition coefficient (Wildman–Crippen LogP) is 3.05. The summed E-state index contributed by atoms with van der Waals surface area (Å²) < 4.78 is 7.03. The zero-order valence-corrected chi connectivity index (χ0v) is 13.2. The van der Waals surface area contributed by atoms with Gasteiger partial charge < -0.3 is 9.64 Å². The third-order valence-corrected chi connectivity index (χ3v) is 5.28. The van der Waals surface area contributed by atoms with Crippen molar-refractivity contribution in [3.63, 3.8) is 0 Å². The Labute approximate surface area is 123 Å². The predicted molar refractivity (Wildman–Crippen MR) is 79.0 cm³/mol. The van der Waals surface area contributed by atoms with E-state index in [9.17, 15) is 0 Å². The molecule has 0 radical (unpaired) electrons. The molecule has 3 nitrogen and oxygen atoms in total. The molecule has 0 aromatic carbocycles. The Morgan fingerprint density at radius 1 is 1.32 bits per heavy atom. The molecule has 2 fully saturated rings. The Morgan fingerprint density at radius 2 is 2.00 bits per heavy atom. The topological polar surface area (TPSA) is 25.4 Å². The number of rotatable bonds is 2. The van der Waals surface area contributed by atoms with Crippen LogP contribution in [-0.2, 0) is 10.3 Å². The highest BCUT2D eigenvalue weighted by molar-refractivity contribution is 9.10. The first kappa shape index (κ1) is 13.5. The maximum absolute atomic E-state index is 6.13. The molecule has 1 aromatic heterocycles. The van der Waals surface area contributed by atoms with Crippen molar-refractivity contribution < 1.29 is 4.74 Å². The number of ether oxygens (including phenoxy) is 1. The van der Waals surface area contributed by atoms with Gasteiger partial charge in [0.15, 0.2) is 0 Å². The summed E-state index contributed by atoms with van der Waals surface area (Å²) >= 11 is 3.50.